The molecule has 0 bridgehead atoms. The van der Waals surface area contributed by atoms with Gasteiger partial charge < -0.3 is 5.32 Å². The Bertz CT molecular complexity index is 450. The molecule has 1 saturated heterocycles. The van der Waals surface area contributed by atoms with Crippen molar-refractivity contribution in [2.45, 2.75) is 51.6 Å². The summed E-state index contributed by atoms with van der Waals surface area (Å²) < 4.78 is 14.1. The summed E-state index contributed by atoms with van der Waals surface area (Å²) in [6.45, 7) is 10.2. The van der Waals surface area contributed by atoms with E-state index in [-0.39, 0.29) is 5.82 Å². The normalized spacial score (nSPS) is 20.1. The Labute approximate surface area is 132 Å². The molecule has 0 spiro atoms. The van der Waals surface area contributed by atoms with E-state index in [9.17, 15) is 4.39 Å². The Hall–Kier alpha value is -0.580. The maximum Gasteiger partial charge on any atom is 0.127 e. The van der Waals surface area contributed by atoms with Crippen LogP contribution in [0.4, 0.5) is 4.39 Å². The van der Waals surface area contributed by atoms with Crippen molar-refractivity contribution in [1.82, 2.24) is 10.2 Å². The Balaban J connectivity index is 1.99. The van der Waals surface area contributed by atoms with E-state index >= 15 is 0 Å². The SMILES string of the molecule is CCC1CN(Cc2cc(CNC(C)C)ccc2F)CCS1. The number of rotatable bonds is 6. The van der Waals surface area contributed by atoms with Gasteiger partial charge in [-0.3, -0.25) is 4.90 Å². The molecule has 1 atom stereocenters. The molecule has 1 fully saturated rings. The molecule has 1 aromatic rings. The molecular weight excluding hydrogens is 283 g/mol. The molecule has 0 aromatic heterocycles. The van der Waals surface area contributed by atoms with E-state index in [1.54, 1.807) is 6.07 Å². The summed E-state index contributed by atoms with van der Waals surface area (Å²) in [5, 5.41) is 4.09. The molecule has 1 N–H and O–H groups in total. The Morgan fingerprint density at radius 2 is 2.24 bits per heavy atom. The topological polar surface area (TPSA) is 15.3 Å². The maximum absolute atomic E-state index is 14.1. The van der Waals surface area contributed by atoms with Gasteiger partial charge in [-0.05, 0) is 18.1 Å². The molecule has 0 aliphatic carbocycles. The van der Waals surface area contributed by atoms with Crippen molar-refractivity contribution >= 4 is 11.8 Å². The van der Waals surface area contributed by atoms with Crippen molar-refractivity contribution in [2.24, 2.45) is 0 Å². The predicted octanol–water partition coefficient (Wildman–Crippen LogP) is 3.65. The molecule has 0 amide bonds. The molecule has 1 unspecified atom stereocenters. The highest BCUT2D eigenvalue weighted by molar-refractivity contribution is 8.00. The van der Waals surface area contributed by atoms with Crippen LogP contribution in [0.15, 0.2) is 18.2 Å². The molecule has 1 aromatic carbocycles. The van der Waals surface area contributed by atoms with Gasteiger partial charge in [0.15, 0.2) is 0 Å². The van der Waals surface area contributed by atoms with Crippen molar-refractivity contribution in [3.63, 3.8) is 0 Å². The number of hydrogen-bond acceptors (Lipinski definition) is 3. The monoisotopic (exact) mass is 310 g/mol. The summed E-state index contributed by atoms with van der Waals surface area (Å²) in [6.07, 6.45) is 1.20. The zero-order valence-electron chi connectivity index (χ0n) is 13.4. The van der Waals surface area contributed by atoms with Gasteiger partial charge in [0.05, 0.1) is 0 Å². The molecule has 21 heavy (non-hydrogen) atoms. The van der Waals surface area contributed by atoms with Crippen LogP contribution in [0.5, 0.6) is 0 Å². The van der Waals surface area contributed by atoms with Crippen molar-refractivity contribution in [3.05, 3.63) is 35.1 Å². The van der Waals surface area contributed by atoms with E-state index < -0.39 is 0 Å². The molecule has 4 heteroatoms. The van der Waals surface area contributed by atoms with Crippen LogP contribution in [-0.4, -0.2) is 35.0 Å². The van der Waals surface area contributed by atoms with E-state index in [0.29, 0.717) is 11.3 Å². The zero-order valence-corrected chi connectivity index (χ0v) is 14.2. The van der Waals surface area contributed by atoms with Crippen LogP contribution < -0.4 is 5.32 Å². The first-order valence-corrected chi connectivity index (χ1v) is 8.98. The lowest BCUT2D eigenvalue weighted by Crippen LogP contribution is -2.37. The molecule has 118 valence electrons. The second kappa shape index (κ2) is 8.16. The Kier molecular flexibility index (Phi) is 6.52. The fraction of sp³-hybridized carbons (Fsp3) is 0.647. The van der Waals surface area contributed by atoms with Crippen molar-refractivity contribution in [3.8, 4) is 0 Å². The number of hydrogen-bond donors (Lipinski definition) is 1. The number of nitrogens with zero attached hydrogens (tertiary/aromatic N) is 1. The molecule has 1 aliphatic rings. The van der Waals surface area contributed by atoms with Gasteiger partial charge in [0, 0.05) is 48.8 Å². The summed E-state index contributed by atoms with van der Waals surface area (Å²) in [5.74, 6) is 1.09. The molecule has 1 aliphatic heterocycles. The smallest absolute Gasteiger partial charge is 0.127 e. The number of benzene rings is 1. The fourth-order valence-electron chi connectivity index (χ4n) is 2.59. The van der Waals surface area contributed by atoms with Gasteiger partial charge in [-0.15, -0.1) is 0 Å². The minimum absolute atomic E-state index is 0.0745. The van der Waals surface area contributed by atoms with E-state index in [1.165, 1.54) is 12.0 Å². The Morgan fingerprint density at radius 3 is 2.95 bits per heavy atom. The molecule has 0 saturated carbocycles. The molecule has 2 nitrogen and oxygen atoms in total. The third-order valence-corrected chi connectivity index (χ3v) is 5.27. The molecular formula is C17H27FN2S. The second-order valence-electron chi connectivity index (χ2n) is 6.10. The Morgan fingerprint density at radius 1 is 1.43 bits per heavy atom. The predicted molar refractivity (Wildman–Crippen MR) is 90.2 cm³/mol. The van der Waals surface area contributed by atoms with Gasteiger partial charge in [-0.1, -0.05) is 32.9 Å². The van der Waals surface area contributed by atoms with E-state index in [1.807, 2.05) is 12.1 Å². The third-order valence-electron chi connectivity index (χ3n) is 3.90. The standard InChI is InChI=1S/C17H27FN2S/c1-4-16-12-20(7-8-21-16)11-15-9-14(5-6-17(15)18)10-19-13(2)3/h5-6,9,13,16,19H,4,7-8,10-12H2,1-3H3. The minimum Gasteiger partial charge on any atom is -0.310 e. The minimum atomic E-state index is -0.0745. The quantitative estimate of drug-likeness (QED) is 0.863. The summed E-state index contributed by atoms with van der Waals surface area (Å²) >= 11 is 2.05. The van der Waals surface area contributed by atoms with Gasteiger partial charge in [0.2, 0.25) is 0 Å². The average molecular weight is 310 g/mol. The highest BCUT2D eigenvalue weighted by atomic mass is 32.2. The van der Waals surface area contributed by atoms with Gasteiger partial charge in [-0.2, -0.15) is 11.8 Å². The van der Waals surface area contributed by atoms with Crippen LogP contribution in [0.25, 0.3) is 0 Å². The highest BCUT2D eigenvalue weighted by Gasteiger charge is 2.19. The van der Waals surface area contributed by atoms with Crippen molar-refractivity contribution in [1.29, 1.82) is 0 Å². The molecule has 1 heterocycles. The lowest BCUT2D eigenvalue weighted by atomic mass is 10.1. The van der Waals surface area contributed by atoms with Gasteiger partial charge in [0.25, 0.3) is 0 Å². The van der Waals surface area contributed by atoms with E-state index in [4.69, 9.17) is 0 Å². The fourth-order valence-corrected chi connectivity index (χ4v) is 3.84. The summed E-state index contributed by atoms with van der Waals surface area (Å²) in [6, 6.07) is 5.97. The van der Waals surface area contributed by atoms with Crippen LogP contribution in [0.2, 0.25) is 0 Å². The van der Waals surface area contributed by atoms with Crippen LogP contribution >= 0.6 is 11.8 Å². The van der Waals surface area contributed by atoms with E-state index in [2.05, 4.69) is 42.7 Å². The maximum atomic E-state index is 14.1. The summed E-state index contributed by atoms with van der Waals surface area (Å²) in [5.41, 5.74) is 2.00. The largest absolute Gasteiger partial charge is 0.310 e. The zero-order chi connectivity index (χ0) is 15.2. The summed E-state index contributed by atoms with van der Waals surface area (Å²) in [7, 11) is 0. The van der Waals surface area contributed by atoms with Gasteiger partial charge in [-0.25, -0.2) is 4.39 Å². The second-order valence-corrected chi connectivity index (χ2v) is 7.51. The number of halogens is 1. The van der Waals surface area contributed by atoms with E-state index in [0.717, 1.165) is 37.5 Å². The third kappa shape index (κ3) is 5.28. The van der Waals surface area contributed by atoms with Gasteiger partial charge in [0.1, 0.15) is 5.82 Å². The lowest BCUT2D eigenvalue weighted by Gasteiger charge is -2.32. The average Bonchev–Trinajstić information content (AvgIpc) is 2.48. The first-order chi connectivity index (χ1) is 10.1. The first-order valence-electron chi connectivity index (χ1n) is 7.93. The first kappa shape index (κ1) is 16.8. The molecule has 2 rings (SSSR count). The van der Waals surface area contributed by atoms with Crippen LogP contribution in [-0.2, 0) is 13.1 Å². The van der Waals surface area contributed by atoms with Crippen molar-refractivity contribution in [2.75, 3.05) is 18.8 Å². The summed E-state index contributed by atoms with van der Waals surface area (Å²) in [4.78, 5) is 2.39. The highest BCUT2D eigenvalue weighted by Crippen LogP contribution is 2.23. The molecule has 0 radical (unpaired) electrons. The van der Waals surface area contributed by atoms with Gasteiger partial charge >= 0.3 is 0 Å². The number of thioether (sulfide) groups is 1. The lowest BCUT2D eigenvalue weighted by molar-refractivity contribution is 0.269. The van der Waals surface area contributed by atoms with Crippen LogP contribution in [0, 0.1) is 5.82 Å². The van der Waals surface area contributed by atoms with Crippen LogP contribution in [0.3, 0.4) is 0 Å². The van der Waals surface area contributed by atoms with Crippen LogP contribution in [0.1, 0.15) is 38.3 Å². The van der Waals surface area contributed by atoms with Crippen molar-refractivity contribution < 1.29 is 4.39 Å². The number of nitrogens with one attached hydrogen (secondary N) is 1.